The van der Waals surface area contributed by atoms with Crippen molar-refractivity contribution in [1.82, 2.24) is 9.88 Å². The average Bonchev–Trinajstić information content (AvgIpc) is 2.51. The van der Waals surface area contributed by atoms with Crippen LogP contribution in [0.4, 0.5) is 0 Å². The number of nitrogens with zero attached hydrogens (tertiary/aromatic N) is 1. The topological polar surface area (TPSA) is 62.4 Å². The monoisotopic (exact) mass is 238 g/mol. The summed E-state index contributed by atoms with van der Waals surface area (Å²) in [5.74, 6) is -0.564. The normalized spacial score (nSPS) is 10.7. The van der Waals surface area contributed by atoms with Gasteiger partial charge < -0.3 is 14.6 Å². The van der Waals surface area contributed by atoms with E-state index in [1.54, 1.807) is 18.7 Å². The van der Waals surface area contributed by atoms with Crippen molar-refractivity contribution in [1.29, 1.82) is 0 Å². The molecule has 0 bridgehead atoms. The van der Waals surface area contributed by atoms with E-state index in [1.807, 2.05) is 14.1 Å². The van der Waals surface area contributed by atoms with Crippen LogP contribution in [0.15, 0.2) is 0 Å². The Morgan fingerprint density at radius 1 is 1.18 bits per heavy atom. The average molecular weight is 238 g/mol. The van der Waals surface area contributed by atoms with E-state index >= 15 is 0 Å². The van der Waals surface area contributed by atoms with Crippen molar-refractivity contribution in [3.63, 3.8) is 0 Å². The number of nitrogens with one attached hydrogen (secondary N) is 1. The fourth-order valence-corrected chi connectivity index (χ4v) is 1.85. The van der Waals surface area contributed by atoms with Crippen molar-refractivity contribution in [2.24, 2.45) is 0 Å². The summed E-state index contributed by atoms with van der Waals surface area (Å²) in [6, 6.07) is 0. The molecule has 0 aliphatic heterocycles. The van der Waals surface area contributed by atoms with E-state index in [1.165, 1.54) is 7.11 Å². The Labute approximate surface area is 101 Å². The number of hydrogen-bond donors (Lipinski definition) is 1. The van der Waals surface area contributed by atoms with Crippen LogP contribution in [0.2, 0.25) is 0 Å². The number of Topliss-reactive ketones (excluding diaryl/α,β-unsaturated/α-hetero) is 1. The molecule has 1 N–H and O–H groups in total. The summed E-state index contributed by atoms with van der Waals surface area (Å²) in [6.45, 7) is 3.80. The van der Waals surface area contributed by atoms with E-state index in [4.69, 9.17) is 4.74 Å². The van der Waals surface area contributed by atoms with Gasteiger partial charge in [0, 0.05) is 11.4 Å². The minimum atomic E-state index is -0.478. The minimum Gasteiger partial charge on any atom is -0.465 e. The number of aromatic nitrogens is 1. The van der Waals surface area contributed by atoms with Gasteiger partial charge in [0.05, 0.1) is 24.8 Å². The van der Waals surface area contributed by atoms with Crippen molar-refractivity contribution in [2.45, 2.75) is 13.8 Å². The molecule has 17 heavy (non-hydrogen) atoms. The molecule has 5 nitrogen and oxygen atoms in total. The fraction of sp³-hybridized carbons (Fsp3) is 0.500. The van der Waals surface area contributed by atoms with E-state index in [-0.39, 0.29) is 12.3 Å². The number of carbonyl (C=O) groups excluding carboxylic acids is 2. The summed E-state index contributed by atoms with van der Waals surface area (Å²) in [5.41, 5.74) is 2.14. The zero-order valence-corrected chi connectivity index (χ0v) is 10.9. The molecule has 5 heteroatoms. The lowest BCUT2D eigenvalue weighted by Gasteiger charge is -2.09. The molecule has 94 valence electrons. The molecule has 1 heterocycles. The standard InChI is InChI=1S/C12H18N2O3/c1-7-10(9(15)6-14(3)4)11(8(2)13-7)12(16)17-5/h13H,6H2,1-5H3. The highest BCUT2D eigenvalue weighted by Gasteiger charge is 2.24. The van der Waals surface area contributed by atoms with Crippen LogP contribution in [0.25, 0.3) is 0 Å². The second kappa shape index (κ2) is 5.14. The Morgan fingerprint density at radius 3 is 2.18 bits per heavy atom. The van der Waals surface area contributed by atoms with E-state index < -0.39 is 5.97 Å². The number of likely N-dealkylation sites (N-methyl/N-ethyl adjacent to an activating group) is 1. The largest absolute Gasteiger partial charge is 0.465 e. The van der Waals surface area contributed by atoms with Crippen LogP contribution >= 0.6 is 0 Å². The molecule has 0 unspecified atom stereocenters. The molecule has 1 aromatic rings. The zero-order chi connectivity index (χ0) is 13.2. The van der Waals surface area contributed by atoms with Crippen LogP contribution in [-0.4, -0.2) is 49.4 Å². The maximum Gasteiger partial charge on any atom is 0.340 e. The van der Waals surface area contributed by atoms with Crippen LogP contribution in [0.1, 0.15) is 32.1 Å². The van der Waals surface area contributed by atoms with Crippen LogP contribution < -0.4 is 0 Å². The number of H-pyrrole nitrogens is 1. The van der Waals surface area contributed by atoms with Gasteiger partial charge in [-0.2, -0.15) is 0 Å². The minimum absolute atomic E-state index is 0.0859. The van der Waals surface area contributed by atoms with Crippen molar-refractivity contribution < 1.29 is 14.3 Å². The summed E-state index contributed by atoms with van der Waals surface area (Å²) in [6.07, 6.45) is 0. The summed E-state index contributed by atoms with van der Waals surface area (Å²) in [4.78, 5) is 28.5. The molecule has 0 aliphatic rings. The number of rotatable bonds is 4. The molecule has 0 atom stereocenters. The number of aryl methyl sites for hydroxylation is 2. The van der Waals surface area contributed by atoms with Crippen LogP contribution in [0.5, 0.6) is 0 Å². The van der Waals surface area contributed by atoms with E-state index in [0.29, 0.717) is 22.5 Å². The van der Waals surface area contributed by atoms with Gasteiger partial charge in [0.2, 0.25) is 0 Å². The Kier molecular flexibility index (Phi) is 4.07. The van der Waals surface area contributed by atoms with Gasteiger partial charge in [-0.15, -0.1) is 0 Å². The number of esters is 1. The summed E-state index contributed by atoms with van der Waals surface area (Å²) in [7, 11) is 4.93. The maximum atomic E-state index is 12.1. The number of aromatic amines is 1. The predicted octanol–water partition coefficient (Wildman–Crippen LogP) is 1.16. The van der Waals surface area contributed by atoms with Gasteiger partial charge in [0.15, 0.2) is 5.78 Å². The number of ketones is 1. The first-order valence-corrected chi connectivity index (χ1v) is 5.33. The quantitative estimate of drug-likeness (QED) is 0.631. The first-order chi connectivity index (χ1) is 7.88. The molecule has 1 aromatic heterocycles. The van der Waals surface area contributed by atoms with Crippen molar-refractivity contribution in [2.75, 3.05) is 27.7 Å². The van der Waals surface area contributed by atoms with Gasteiger partial charge in [-0.05, 0) is 27.9 Å². The van der Waals surface area contributed by atoms with E-state index in [2.05, 4.69) is 4.98 Å². The highest BCUT2D eigenvalue weighted by Crippen LogP contribution is 2.20. The highest BCUT2D eigenvalue weighted by molar-refractivity contribution is 6.08. The Balaban J connectivity index is 3.22. The molecule has 0 fully saturated rings. The van der Waals surface area contributed by atoms with Gasteiger partial charge in [-0.3, -0.25) is 4.79 Å². The third-order valence-corrected chi connectivity index (χ3v) is 2.50. The smallest absolute Gasteiger partial charge is 0.340 e. The van der Waals surface area contributed by atoms with Gasteiger partial charge >= 0.3 is 5.97 Å². The molecule has 1 rings (SSSR count). The Hall–Kier alpha value is -1.62. The van der Waals surface area contributed by atoms with Crippen LogP contribution in [-0.2, 0) is 4.74 Å². The SMILES string of the molecule is COC(=O)c1c(C)[nH]c(C)c1C(=O)CN(C)C. The number of hydrogen-bond acceptors (Lipinski definition) is 4. The second-order valence-corrected chi connectivity index (χ2v) is 4.28. The van der Waals surface area contributed by atoms with Crippen molar-refractivity contribution in [3.8, 4) is 0 Å². The zero-order valence-electron chi connectivity index (χ0n) is 10.9. The molecule has 0 aliphatic carbocycles. The Bertz CT molecular complexity index is 447. The maximum absolute atomic E-state index is 12.1. The van der Waals surface area contributed by atoms with Crippen LogP contribution in [0.3, 0.4) is 0 Å². The molecular formula is C12H18N2O3. The van der Waals surface area contributed by atoms with Crippen LogP contribution in [0, 0.1) is 13.8 Å². The van der Waals surface area contributed by atoms with Gasteiger partial charge in [-0.1, -0.05) is 0 Å². The number of methoxy groups -OCH3 is 1. The first kappa shape index (κ1) is 13.4. The molecule has 0 saturated carbocycles. The lowest BCUT2D eigenvalue weighted by Crippen LogP contribution is -2.23. The lowest BCUT2D eigenvalue weighted by molar-refractivity contribution is 0.0596. The highest BCUT2D eigenvalue weighted by atomic mass is 16.5. The van der Waals surface area contributed by atoms with Gasteiger partial charge in [0.25, 0.3) is 0 Å². The van der Waals surface area contributed by atoms with Crippen molar-refractivity contribution >= 4 is 11.8 Å². The molecule has 0 amide bonds. The van der Waals surface area contributed by atoms with E-state index in [0.717, 1.165) is 0 Å². The summed E-state index contributed by atoms with van der Waals surface area (Å²) < 4.78 is 4.70. The third kappa shape index (κ3) is 2.74. The predicted molar refractivity (Wildman–Crippen MR) is 64.5 cm³/mol. The molecule has 0 aromatic carbocycles. The molecule has 0 radical (unpaired) electrons. The fourth-order valence-electron chi connectivity index (χ4n) is 1.85. The number of ether oxygens (including phenoxy) is 1. The Morgan fingerprint density at radius 2 is 1.71 bits per heavy atom. The molecule has 0 spiro atoms. The van der Waals surface area contributed by atoms with Gasteiger partial charge in [0.1, 0.15) is 0 Å². The van der Waals surface area contributed by atoms with Gasteiger partial charge in [-0.25, -0.2) is 4.79 Å². The first-order valence-electron chi connectivity index (χ1n) is 5.33. The number of carbonyl (C=O) groups is 2. The third-order valence-electron chi connectivity index (χ3n) is 2.50. The van der Waals surface area contributed by atoms with Crippen molar-refractivity contribution in [3.05, 3.63) is 22.5 Å². The summed E-state index contributed by atoms with van der Waals surface area (Å²) >= 11 is 0. The molecular weight excluding hydrogens is 220 g/mol. The molecule has 0 saturated heterocycles. The summed E-state index contributed by atoms with van der Waals surface area (Å²) in [5, 5.41) is 0. The lowest BCUT2D eigenvalue weighted by atomic mass is 10.0. The van der Waals surface area contributed by atoms with E-state index in [9.17, 15) is 9.59 Å². The second-order valence-electron chi connectivity index (χ2n) is 4.28.